The van der Waals surface area contributed by atoms with E-state index >= 15 is 0 Å². The van der Waals surface area contributed by atoms with Crippen LogP contribution in [0.1, 0.15) is 33.5 Å². The number of nitrogens with one attached hydrogen (secondary N) is 1. The van der Waals surface area contributed by atoms with Crippen LogP contribution in [0.4, 0.5) is 0 Å². The fraction of sp³-hybridized carbons (Fsp3) is 0.0769. The second-order valence-corrected chi connectivity index (χ2v) is 9.27. The molecule has 5 heteroatoms. The molecule has 4 aromatic rings. The molecule has 1 aliphatic rings. The summed E-state index contributed by atoms with van der Waals surface area (Å²) in [6.07, 6.45) is 0. The zero-order valence-corrected chi connectivity index (χ0v) is 17.5. The standard InChI is InChI=1S/C26H21NO3S/c28-31(29,26(19-11-3-1-4-12-19)20-13-5-2-6-14-20)27-25-21-15-7-9-17-23(21)30-24-18-10-8-16-22(24)25/h1-18,25-27H. The number of hydrogen-bond donors (Lipinski definition) is 1. The van der Waals surface area contributed by atoms with E-state index in [1.807, 2.05) is 109 Å². The molecule has 0 aliphatic carbocycles. The lowest BCUT2D eigenvalue weighted by molar-refractivity contribution is 0.440. The van der Waals surface area contributed by atoms with E-state index in [1.165, 1.54) is 0 Å². The van der Waals surface area contributed by atoms with Gasteiger partial charge in [-0.15, -0.1) is 0 Å². The third-order valence-corrected chi connectivity index (χ3v) is 7.21. The van der Waals surface area contributed by atoms with Gasteiger partial charge in [0.15, 0.2) is 0 Å². The lowest BCUT2D eigenvalue weighted by atomic mass is 9.95. The summed E-state index contributed by atoms with van der Waals surface area (Å²) < 4.78 is 36.7. The molecule has 1 heterocycles. The Hall–Kier alpha value is -3.41. The van der Waals surface area contributed by atoms with Crippen LogP contribution in [0.25, 0.3) is 0 Å². The fourth-order valence-electron chi connectivity index (χ4n) is 4.08. The minimum Gasteiger partial charge on any atom is -0.457 e. The van der Waals surface area contributed by atoms with Crippen molar-refractivity contribution < 1.29 is 13.2 Å². The maximum Gasteiger partial charge on any atom is 0.223 e. The first-order chi connectivity index (χ1) is 15.1. The van der Waals surface area contributed by atoms with Crippen molar-refractivity contribution in [3.8, 4) is 11.5 Å². The summed E-state index contributed by atoms with van der Waals surface area (Å²) in [6.45, 7) is 0. The summed E-state index contributed by atoms with van der Waals surface area (Å²) in [5.41, 5.74) is 3.03. The Balaban J connectivity index is 1.62. The van der Waals surface area contributed by atoms with Crippen molar-refractivity contribution in [2.75, 3.05) is 0 Å². The van der Waals surface area contributed by atoms with Gasteiger partial charge in [-0.2, -0.15) is 0 Å². The lowest BCUT2D eigenvalue weighted by Crippen LogP contribution is -2.35. The van der Waals surface area contributed by atoms with Gasteiger partial charge < -0.3 is 4.74 Å². The first kappa shape index (κ1) is 19.5. The molecule has 0 saturated heterocycles. The van der Waals surface area contributed by atoms with Crippen LogP contribution in [0.5, 0.6) is 11.5 Å². The van der Waals surface area contributed by atoms with Gasteiger partial charge in [0.1, 0.15) is 16.7 Å². The molecule has 1 N–H and O–H groups in total. The molecule has 4 aromatic carbocycles. The Labute approximate surface area is 182 Å². The Morgan fingerprint density at radius 2 is 1.03 bits per heavy atom. The predicted octanol–water partition coefficient (Wildman–Crippen LogP) is 5.59. The van der Waals surface area contributed by atoms with Crippen molar-refractivity contribution in [3.63, 3.8) is 0 Å². The molecular weight excluding hydrogens is 406 g/mol. The summed E-state index contributed by atoms with van der Waals surface area (Å²) in [6, 6.07) is 33.1. The molecule has 0 unspecified atom stereocenters. The van der Waals surface area contributed by atoms with E-state index < -0.39 is 21.3 Å². The van der Waals surface area contributed by atoms with E-state index in [0.29, 0.717) is 11.5 Å². The molecule has 0 spiro atoms. The second-order valence-electron chi connectivity index (χ2n) is 7.47. The molecule has 0 bridgehead atoms. The van der Waals surface area contributed by atoms with Crippen molar-refractivity contribution in [1.29, 1.82) is 0 Å². The average Bonchev–Trinajstić information content (AvgIpc) is 2.80. The SMILES string of the molecule is O=S(=O)(NC1c2ccccc2Oc2ccccc21)C(c1ccccc1)c1ccccc1. The summed E-state index contributed by atoms with van der Waals surface area (Å²) in [4.78, 5) is 0. The maximum atomic E-state index is 13.9. The van der Waals surface area contributed by atoms with Crippen LogP contribution >= 0.6 is 0 Å². The van der Waals surface area contributed by atoms with E-state index in [-0.39, 0.29) is 0 Å². The minimum atomic E-state index is -3.82. The average molecular weight is 428 g/mol. The van der Waals surface area contributed by atoms with Gasteiger partial charge in [-0.1, -0.05) is 97.1 Å². The van der Waals surface area contributed by atoms with Gasteiger partial charge in [0, 0.05) is 11.1 Å². The van der Waals surface area contributed by atoms with Gasteiger partial charge in [-0.25, -0.2) is 13.1 Å². The van der Waals surface area contributed by atoms with Crippen LogP contribution in [0.2, 0.25) is 0 Å². The van der Waals surface area contributed by atoms with E-state index in [4.69, 9.17) is 4.74 Å². The molecule has 0 atom stereocenters. The highest BCUT2D eigenvalue weighted by Gasteiger charge is 2.35. The highest BCUT2D eigenvalue weighted by atomic mass is 32.2. The number of rotatable bonds is 5. The van der Waals surface area contributed by atoms with Gasteiger partial charge in [0.2, 0.25) is 10.0 Å². The number of ether oxygens (including phenoxy) is 1. The molecule has 0 fully saturated rings. The first-order valence-corrected chi connectivity index (χ1v) is 11.6. The summed E-state index contributed by atoms with van der Waals surface area (Å²) in [7, 11) is -3.82. The van der Waals surface area contributed by atoms with Gasteiger partial charge in [0.05, 0.1) is 6.04 Å². The smallest absolute Gasteiger partial charge is 0.223 e. The Morgan fingerprint density at radius 3 is 1.52 bits per heavy atom. The van der Waals surface area contributed by atoms with Crippen molar-refractivity contribution >= 4 is 10.0 Å². The zero-order chi connectivity index (χ0) is 21.3. The molecule has 4 nitrogen and oxygen atoms in total. The maximum absolute atomic E-state index is 13.9. The number of hydrogen-bond acceptors (Lipinski definition) is 3. The molecule has 0 saturated carbocycles. The van der Waals surface area contributed by atoms with E-state index in [2.05, 4.69) is 4.72 Å². The van der Waals surface area contributed by atoms with Gasteiger partial charge in [0.25, 0.3) is 0 Å². The Morgan fingerprint density at radius 1 is 0.613 bits per heavy atom. The van der Waals surface area contributed by atoms with Crippen LogP contribution in [0.3, 0.4) is 0 Å². The van der Waals surface area contributed by atoms with Crippen molar-refractivity contribution in [2.45, 2.75) is 11.3 Å². The predicted molar refractivity (Wildman–Crippen MR) is 122 cm³/mol. The summed E-state index contributed by atoms with van der Waals surface area (Å²) in [5.74, 6) is 1.31. The van der Waals surface area contributed by atoms with Gasteiger partial charge >= 0.3 is 0 Å². The summed E-state index contributed by atoms with van der Waals surface area (Å²) >= 11 is 0. The highest BCUT2D eigenvalue weighted by molar-refractivity contribution is 7.90. The minimum absolute atomic E-state index is 0.541. The monoisotopic (exact) mass is 427 g/mol. The number of sulfonamides is 1. The molecule has 154 valence electrons. The van der Waals surface area contributed by atoms with Crippen LogP contribution in [-0.2, 0) is 10.0 Å². The first-order valence-electron chi connectivity index (χ1n) is 10.1. The lowest BCUT2D eigenvalue weighted by Gasteiger charge is -2.30. The molecule has 31 heavy (non-hydrogen) atoms. The van der Waals surface area contributed by atoms with Crippen molar-refractivity contribution in [1.82, 2.24) is 4.72 Å². The van der Waals surface area contributed by atoms with Gasteiger partial charge in [-0.3, -0.25) is 0 Å². The Kier molecular flexibility index (Phi) is 5.06. The van der Waals surface area contributed by atoms with Gasteiger partial charge in [-0.05, 0) is 23.3 Å². The van der Waals surface area contributed by atoms with E-state index in [1.54, 1.807) is 0 Å². The van der Waals surface area contributed by atoms with Crippen LogP contribution in [-0.4, -0.2) is 8.42 Å². The van der Waals surface area contributed by atoms with Crippen LogP contribution in [0, 0.1) is 0 Å². The fourth-order valence-corrected chi connectivity index (χ4v) is 5.83. The highest BCUT2D eigenvalue weighted by Crippen LogP contribution is 2.43. The number of benzene rings is 4. The quantitative estimate of drug-likeness (QED) is 0.452. The normalized spacial score (nSPS) is 13.3. The molecule has 5 rings (SSSR count). The van der Waals surface area contributed by atoms with Crippen molar-refractivity contribution in [3.05, 3.63) is 131 Å². The third kappa shape index (κ3) is 3.74. The second kappa shape index (κ2) is 8.02. The third-order valence-electron chi connectivity index (χ3n) is 5.48. The number of para-hydroxylation sites is 2. The molecule has 0 aromatic heterocycles. The Bertz CT molecular complexity index is 1220. The van der Waals surface area contributed by atoms with E-state index in [0.717, 1.165) is 22.3 Å². The van der Waals surface area contributed by atoms with Crippen molar-refractivity contribution in [2.24, 2.45) is 0 Å². The zero-order valence-electron chi connectivity index (χ0n) is 16.7. The van der Waals surface area contributed by atoms with Crippen LogP contribution < -0.4 is 9.46 Å². The topological polar surface area (TPSA) is 55.4 Å². The molecule has 1 aliphatic heterocycles. The van der Waals surface area contributed by atoms with E-state index in [9.17, 15) is 8.42 Å². The summed E-state index contributed by atoms with van der Waals surface area (Å²) in [5, 5.41) is -0.836. The largest absolute Gasteiger partial charge is 0.457 e. The molecular formula is C26H21NO3S. The molecule has 0 radical (unpaired) electrons. The number of fused-ring (bicyclic) bond motifs is 2. The van der Waals surface area contributed by atoms with Crippen LogP contribution in [0.15, 0.2) is 109 Å². The molecule has 0 amide bonds.